The Labute approximate surface area is 289 Å². The molecule has 0 bridgehead atoms. The highest BCUT2D eigenvalue weighted by atomic mass is 32.1. The van der Waals surface area contributed by atoms with Crippen LogP contribution in [0.25, 0.3) is 103 Å². The lowest BCUT2D eigenvalue weighted by Crippen LogP contribution is -2.07. The Morgan fingerprint density at radius 2 is 1.02 bits per heavy atom. The predicted molar refractivity (Wildman–Crippen MR) is 208 cm³/mol. The third-order valence-corrected chi connectivity index (χ3v) is 11.1. The van der Waals surface area contributed by atoms with Gasteiger partial charge in [0.15, 0.2) is 11.6 Å². The van der Waals surface area contributed by atoms with Crippen LogP contribution in [0.3, 0.4) is 0 Å². The van der Waals surface area contributed by atoms with E-state index in [1.54, 1.807) is 0 Å². The number of fused-ring (bicyclic) bond motifs is 12. The second kappa shape index (κ2) is 10.5. The summed E-state index contributed by atoms with van der Waals surface area (Å²) in [5.74, 6) is 1.82. The number of benzene rings is 7. The first kappa shape index (κ1) is 27.5. The van der Waals surface area contributed by atoms with Crippen molar-refractivity contribution in [3.05, 3.63) is 152 Å². The van der Waals surface area contributed by atoms with Crippen molar-refractivity contribution in [2.24, 2.45) is 0 Å². The van der Waals surface area contributed by atoms with Crippen molar-refractivity contribution in [1.29, 1.82) is 0 Å². The van der Waals surface area contributed by atoms with Gasteiger partial charge in [0, 0.05) is 38.2 Å². The number of aromatic nitrogens is 5. The van der Waals surface area contributed by atoms with Gasteiger partial charge in [-0.15, -0.1) is 11.3 Å². The summed E-state index contributed by atoms with van der Waals surface area (Å²) >= 11 is 1.82. The molecular weight excluding hydrogens is 631 g/mol. The molecule has 4 aromatic heterocycles. The van der Waals surface area contributed by atoms with Gasteiger partial charge in [0.25, 0.3) is 0 Å². The summed E-state index contributed by atoms with van der Waals surface area (Å²) in [7, 11) is 0. The number of thiophene rings is 1. The van der Waals surface area contributed by atoms with Crippen LogP contribution in [-0.4, -0.2) is 24.5 Å². The molecule has 5 nitrogen and oxygen atoms in total. The van der Waals surface area contributed by atoms with E-state index in [2.05, 4.69) is 144 Å². The molecule has 11 aromatic rings. The van der Waals surface area contributed by atoms with Gasteiger partial charge in [-0.25, -0.2) is 4.98 Å². The monoisotopic (exact) mass is 655 g/mol. The van der Waals surface area contributed by atoms with Gasteiger partial charge < -0.3 is 0 Å². The molecule has 0 atom stereocenters. The van der Waals surface area contributed by atoms with Crippen LogP contribution in [0.1, 0.15) is 0 Å². The molecule has 50 heavy (non-hydrogen) atoms. The van der Waals surface area contributed by atoms with Gasteiger partial charge in [0.1, 0.15) is 0 Å². The minimum atomic E-state index is 0.563. The van der Waals surface area contributed by atoms with Crippen molar-refractivity contribution in [3.63, 3.8) is 0 Å². The molecule has 0 radical (unpaired) electrons. The molecule has 0 aliphatic heterocycles. The molecule has 232 valence electrons. The second-order valence-corrected chi connectivity index (χ2v) is 13.7. The van der Waals surface area contributed by atoms with Crippen molar-refractivity contribution in [3.8, 4) is 28.7 Å². The number of nitrogens with zero attached hydrogens (tertiary/aromatic N) is 5. The number of rotatable bonds is 3. The van der Waals surface area contributed by atoms with Crippen LogP contribution in [0.5, 0.6) is 0 Å². The molecule has 0 spiro atoms. The van der Waals surface area contributed by atoms with Crippen LogP contribution in [0.2, 0.25) is 0 Å². The van der Waals surface area contributed by atoms with Crippen LogP contribution in [0, 0.1) is 0 Å². The van der Waals surface area contributed by atoms with Crippen molar-refractivity contribution in [2.75, 3.05) is 0 Å². The number of pyridine rings is 1. The van der Waals surface area contributed by atoms with Crippen molar-refractivity contribution in [1.82, 2.24) is 24.5 Å². The Hall–Kier alpha value is -6.50. The van der Waals surface area contributed by atoms with Crippen molar-refractivity contribution in [2.45, 2.75) is 0 Å². The molecule has 4 heterocycles. The average Bonchev–Trinajstić information content (AvgIpc) is 3.74. The van der Waals surface area contributed by atoms with E-state index >= 15 is 0 Å². The Balaban J connectivity index is 1.34. The fourth-order valence-corrected chi connectivity index (χ4v) is 9.00. The van der Waals surface area contributed by atoms with Gasteiger partial charge in [0.2, 0.25) is 5.95 Å². The van der Waals surface area contributed by atoms with Crippen LogP contribution >= 0.6 is 11.3 Å². The van der Waals surface area contributed by atoms with Gasteiger partial charge in [-0.1, -0.05) is 127 Å². The topological polar surface area (TPSA) is 56.5 Å². The zero-order valence-corrected chi connectivity index (χ0v) is 27.4. The normalized spacial score (nSPS) is 12.0. The molecule has 0 N–H and O–H groups in total. The van der Waals surface area contributed by atoms with E-state index in [9.17, 15) is 0 Å². The minimum Gasteiger partial charge on any atom is -0.275 e. The van der Waals surface area contributed by atoms with Gasteiger partial charge in [-0.2, -0.15) is 9.97 Å². The zero-order valence-electron chi connectivity index (χ0n) is 26.6. The van der Waals surface area contributed by atoms with Crippen LogP contribution in [0.15, 0.2) is 152 Å². The second-order valence-electron chi connectivity index (χ2n) is 12.6. The molecule has 0 unspecified atom stereocenters. The standard InChI is InChI=1S/C44H25N5S/c1-3-16-28-26(12-1)14-9-21-32(28)42-46-43(33-22-10-15-27-13-2-4-17-29(27)33)48-44(47-42)49-35-23-11-25-45-39(35)38-31-19-6-5-18-30(31)37-34-20-7-8-24-36(34)50-41(37)40(38)49/h1-25H. The first-order valence-corrected chi connectivity index (χ1v) is 17.5. The SMILES string of the molecule is c1ccc2c(-c3nc(-c4cccc5ccccc45)nc(-n4c5cccnc5c5c6ccccc6c6c7ccccc7sc6c54)n3)cccc2c1. The highest BCUT2D eigenvalue weighted by Gasteiger charge is 2.25. The largest absolute Gasteiger partial charge is 0.275 e. The quantitative estimate of drug-likeness (QED) is 0.190. The van der Waals surface area contributed by atoms with E-state index in [-0.39, 0.29) is 0 Å². The molecule has 0 aliphatic carbocycles. The smallest absolute Gasteiger partial charge is 0.238 e. The van der Waals surface area contributed by atoms with Crippen LogP contribution in [0.4, 0.5) is 0 Å². The Bertz CT molecular complexity index is 3070. The first-order chi connectivity index (χ1) is 24.8. The predicted octanol–water partition coefficient (Wildman–Crippen LogP) is 11.5. The van der Waals surface area contributed by atoms with E-state index in [1.807, 2.05) is 23.6 Å². The Kier molecular flexibility index (Phi) is 5.76. The summed E-state index contributed by atoms with van der Waals surface area (Å²) in [6.07, 6.45) is 1.88. The maximum Gasteiger partial charge on any atom is 0.238 e. The van der Waals surface area contributed by atoms with Gasteiger partial charge in [-0.3, -0.25) is 9.55 Å². The average molecular weight is 656 g/mol. The summed E-state index contributed by atoms with van der Waals surface area (Å²) in [5.41, 5.74) is 4.87. The zero-order chi connectivity index (χ0) is 32.8. The summed E-state index contributed by atoms with van der Waals surface area (Å²) in [4.78, 5) is 21.0. The molecule has 11 rings (SSSR count). The van der Waals surface area contributed by atoms with Gasteiger partial charge in [-0.05, 0) is 50.5 Å². The fraction of sp³-hybridized carbons (Fsp3) is 0. The maximum atomic E-state index is 5.36. The van der Waals surface area contributed by atoms with E-state index in [0.29, 0.717) is 17.6 Å². The summed E-state index contributed by atoms with van der Waals surface area (Å²) in [5, 5.41) is 10.5. The van der Waals surface area contributed by atoms with Crippen molar-refractivity contribution < 1.29 is 0 Å². The minimum absolute atomic E-state index is 0.563. The summed E-state index contributed by atoms with van der Waals surface area (Å²) < 4.78 is 4.66. The van der Waals surface area contributed by atoms with Crippen LogP contribution < -0.4 is 0 Å². The molecular formula is C44H25N5S. The molecule has 6 heteroatoms. The molecule has 0 saturated heterocycles. The third-order valence-electron chi connectivity index (χ3n) is 9.89. The highest BCUT2D eigenvalue weighted by Crippen LogP contribution is 2.47. The van der Waals surface area contributed by atoms with Gasteiger partial charge in [0.05, 0.1) is 21.3 Å². The third kappa shape index (κ3) is 3.88. The Morgan fingerprint density at radius 3 is 1.70 bits per heavy atom. The molecule has 7 aromatic carbocycles. The van der Waals surface area contributed by atoms with Crippen molar-refractivity contribution >= 4 is 85.8 Å². The molecule has 0 saturated carbocycles. The van der Waals surface area contributed by atoms with E-state index in [1.165, 1.54) is 30.9 Å². The summed E-state index contributed by atoms with van der Waals surface area (Å²) in [6, 6.07) is 51.0. The lowest BCUT2D eigenvalue weighted by atomic mass is 10.00. The van der Waals surface area contributed by atoms with E-state index in [0.717, 1.165) is 54.6 Å². The number of hydrogen-bond donors (Lipinski definition) is 0. The fourth-order valence-electron chi connectivity index (χ4n) is 7.74. The van der Waals surface area contributed by atoms with Gasteiger partial charge >= 0.3 is 0 Å². The van der Waals surface area contributed by atoms with E-state index in [4.69, 9.17) is 19.9 Å². The molecule has 0 aliphatic rings. The van der Waals surface area contributed by atoms with Crippen LogP contribution in [-0.2, 0) is 0 Å². The lowest BCUT2D eigenvalue weighted by Gasteiger charge is -2.13. The Morgan fingerprint density at radius 1 is 0.460 bits per heavy atom. The molecule has 0 amide bonds. The first-order valence-electron chi connectivity index (χ1n) is 16.7. The maximum absolute atomic E-state index is 5.36. The lowest BCUT2D eigenvalue weighted by molar-refractivity contribution is 0.956. The van der Waals surface area contributed by atoms with E-state index < -0.39 is 0 Å². The highest BCUT2D eigenvalue weighted by molar-refractivity contribution is 7.27. The summed E-state index contributed by atoms with van der Waals surface area (Å²) in [6.45, 7) is 0. The molecule has 0 fully saturated rings. The number of hydrogen-bond acceptors (Lipinski definition) is 5.